The van der Waals surface area contributed by atoms with Gasteiger partial charge in [-0.1, -0.05) is 36.3 Å². The van der Waals surface area contributed by atoms with Crippen LogP contribution in [0.15, 0.2) is 41.6 Å². The maximum atomic E-state index is 13.1. The Kier molecular flexibility index (Phi) is 7.46. The highest BCUT2D eigenvalue weighted by molar-refractivity contribution is 5.84. The number of allylic oxidation sites excluding steroid dienone is 1. The van der Waals surface area contributed by atoms with E-state index in [1.165, 1.54) is 44.2 Å². The first-order valence-corrected chi connectivity index (χ1v) is 9.92. The number of benzene rings is 1. The maximum absolute atomic E-state index is 13.1. The van der Waals surface area contributed by atoms with Gasteiger partial charge in [0.25, 0.3) is 0 Å². The summed E-state index contributed by atoms with van der Waals surface area (Å²) < 4.78 is 20.5. The van der Waals surface area contributed by atoms with Crippen LogP contribution in [0.5, 0.6) is 11.6 Å². The third kappa shape index (κ3) is 6.21. The van der Waals surface area contributed by atoms with Crippen LogP contribution in [-0.2, 0) is 11.9 Å². The van der Waals surface area contributed by atoms with Gasteiger partial charge < -0.3 is 9.57 Å². The van der Waals surface area contributed by atoms with Crippen molar-refractivity contribution in [2.24, 2.45) is 18.1 Å². The molecule has 1 heterocycles. The standard InChI is InChI=1S/C23H26FN3O2/c1-18-22(23(27(2)26-18)29-21-14-12-20(24)13-15-21)17-25-28-16-8-4-7-11-19-9-5-3-6-10-19/h4,8,12-15,17,19H,3,5-6,9-10,16H2,1-2H3. The summed E-state index contributed by atoms with van der Waals surface area (Å²) in [5, 5.41) is 8.35. The lowest BCUT2D eigenvalue weighted by molar-refractivity contribution is 0.176. The van der Waals surface area contributed by atoms with E-state index in [0.29, 0.717) is 29.7 Å². The molecule has 0 saturated heterocycles. The number of nitrogens with zero attached hydrogens (tertiary/aromatic N) is 3. The summed E-state index contributed by atoms with van der Waals surface area (Å²) in [6.07, 6.45) is 11.6. The Labute approximate surface area is 171 Å². The van der Waals surface area contributed by atoms with Gasteiger partial charge in [0.2, 0.25) is 5.88 Å². The number of oxime groups is 1. The second-order valence-electron chi connectivity index (χ2n) is 7.04. The van der Waals surface area contributed by atoms with Crippen molar-refractivity contribution in [1.29, 1.82) is 0 Å². The molecule has 5 nitrogen and oxygen atoms in total. The van der Waals surface area contributed by atoms with E-state index < -0.39 is 0 Å². The van der Waals surface area contributed by atoms with E-state index >= 15 is 0 Å². The molecule has 6 heteroatoms. The Morgan fingerprint density at radius 2 is 2.00 bits per heavy atom. The molecule has 2 aromatic rings. The number of rotatable bonds is 6. The zero-order valence-electron chi connectivity index (χ0n) is 16.9. The molecule has 152 valence electrons. The molecule has 1 aliphatic carbocycles. The van der Waals surface area contributed by atoms with Crippen molar-refractivity contribution in [2.45, 2.75) is 39.0 Å². The molecule has 0 N–H and O–H groups in total. The maximum Gasteiger partial charge on any atom is 0.226 e. The highest BCUT2D eigenvalue weighted by atomic mass is 19.1. The van der Waals surface area contributed by atoms with Crippen molar-refractivity contribution in [3.8, 4) is 23.5 Å². The molecule has 0 bridgehead atoms. The van der Waals surface area contributed by atoms with Crippen LogP contribution in [0, 0.1) is 30.5 Å². The van der Waals surface area contributed by atoms with Gasteiger partial charge in [-0.2, -0.15) is 5.10 Å². The first-order valence-electron chi connectivity index (χ1n) is 9.92. The number of aromatic nitrogens is 2. The van der Waals surface area contributed by atoms with Gasteiger partial charge in [-0.05, 0) is 56.2 Å². The lowest BCUT2D eigenvalue weighted by Gasteiger charge is -2.15. The van der Waals surface area contributed by atoms with Crippen molar-refractivity contribution >= 4 is 6.21 Å². The lowest BCUT2D eigenvalue weighted by Crippen LogP contribution is -2.02. The van der Waals surface area contributed by atoms with Gasteiger partial charge in [0.05, 0.1) is 17.5 Å². The molecule has 1 aromatic carbocycles. The quantitative estimate of drug-likeness (QED) is 0.294. The zero-order valence-corrected chi connectivity index (χ0v) is 16.9. The summed E-state index contributed by atoms with van der Waals surface area (Å²) >= 11 is 0. The number of ether oxygens (including phenoxy) is 1. The van der Waals surface area contributed by atoms with Crippen LogP contribution >= 0.6 is 0 Å². The zero-order chi connectivity index (χ0) is 20.5. The molecule has 0 radical (unpaired) electrons. The van der Waals surface area contributed by atoms with Gasteiger partial charge in [-0.3, -0.25) is 0 Å². The summed E-state index contributed by atoms with van der Waals surface area (Å²) in [5.41, 5.74) is 1.46. The predicted molar refractivity (Wildman–Crippen MR) is 111 cm³/mol. The first-order chi connectivity index (χ1) is 14.1. The van der Waals surface area contributed by atoms with Gasteiger partial charge in [-0.25, -0.2) is 9.07 Å². The predicted octanol–water partition coefficient (Wildman–Crippen LogP) is 5.15. The SMILES string of the molecule is Cc1nn(C)c(Oc2ccc(F)cc2)c1C=NOCC=CC#CC1CCCCC1. The minimum absolute atomic E-state index is 0.315. The van der Waals surface area contributed by atoms with E-state index in [9.17, 15) is 4.39 Å². The molecule has 3 rings (SSSR count). The molecule has 1 aliphatic rings. The third-order valence-corrected chi connectivity index (χ3v) is 4.76. The second-order valence-corrected chi connectivity index (χ2v) is 7.04. The van der Waals surface area contributed by atoms with E-state index in [1.807, 2.05) is 19.1 Å². The van der Waals surface area contributed by atoms with Crippen LogP contribution < -0.4 is 4.74 Å². The summed E-state index contributed by atoms with van der Waals surface area (Å²) in [6.45, 7) is 2.20. The normalized spacial score (nSPS) is 14.9. The Balaban J connectivity index is 1.53. The summed E-state index contributed by atoms with van der Waals surface area (Å²) in [7, 11) is 1.78. The fourth-order valence-electron chi connectivity index (χ4n) is 3.23. The molecule has 0 spiro atoms. The highest BCUT2D eigenvalue weighted by Crippen LogP contribution is 2.26. The molecule has 29 heavy (non-hydrogen) atoms. The average molecular weight is 395 g/mol. The van der Waals surface area contributed by atoms with Crippen LogP contribution in [-0.4, -0.2) is 22.6 Å². The van der Waals surface area contributed by atoms with Crippen molar-refractivity contribution in [2.75, 3.05) is 6.61 Å². The minimum atomic E-state index is -0.315. The number of halogens is 1. The summed E-state index contributed by atoms with van der Waals surface area (Å²) in [4.78, 5) is 5.29. The summed E-state index contributed by atoms with van der Waals surface area (Å²) in [5.74, 6) is 7.65. The molecule has 0 amide bonds. The van der Waals surface area contributed by atoms with Crippen molar-refractivity contribution in [1.82, 2.24) is 9.78 Å². The topological polar surface area (TPSA) is 48.6 Å². The Bertz CT molecular complexity index is 914. The van der Waals surface area contributed by atoms with Crippen LogP contribution in [0.3, 0.4) is 0 Å². The number of hydrogen-bond donors (Lipinski definition) is 0. The number of aryl methyl sites for hydroxylation is 2. The smallest absolute Gasteiger partial charge is 0.226 e. The van der Waals surface area contributed by atoms with Crippen molar-refractivity contribution in [3.63, 3.8) is 0 Å². The fourth-order valence-corrected chi connectivity index (χ4v) is 3.23. The van der Waals surface area contributed by atoms with E-state index in [0.717, 1.165) is 5.69 Å². The van der Waals surface area contributed by atoms with Gasteiger partial charge >= 0.3 is 0 Å². The number of hydrogen-bond acceptors (Lipinski definition) is 4. The van der Waals surface area contributed by atoms with Crippen molar-refractivity contribution in [3.05, 3.63) is 53.5 Å². The molecule has 1 fully saturated rings. The fraction of sp³-hybridized carbons (Fsp3) is 0.391. The monoisotopic (exact) mass is 395 g/mol. The van der Waals surface area contributed by atoms with Crippen LogP contribution in [0.25, 0.3) is 0 Å². The average Bonchev–Trinajstić information content (AvgIpc) is 2.99. The second kappa shape index (κ2) is 10.5. The largest absolute Gasteiger partial charge is 0.439 e. The van der Waals surface area contributed by atoms with Gasteiger partial charge in [0.1, 0.15) is 18.2 Å². The minimum Gasteiger partial charge on any atom is -0.439 e. The van der Waals surface area contributed by atoms with Crippen molar-refractivity contribution < 1.29 is 14.0 Å². The van der Waals surface area contributed by atoms with E-state index in [1.54, 1.807) is 30.1 Å². The van der Waals surface area contributed by atoms with E-state index in [-0.39, 0.29) is 5.82 Å². The first kappa shape index (κ1) is 20.7. The Morgan fingerprint density at radius 1 is 1.24 bits per heavy atom. The Hall–Kier alpha value is -3.07. The van der Waals surface area contributed by atoms with Crippen LogP contribution in [0.4, 0.5) is 4.39 Å². The molecule has 1 aromatic heterocycles. The molecule has 1 saturated carbocycles. The lowest BCUT2D eigenvalue weighted by atomic mass is 9.90. The Morgan fingerprint density at radius 3 is 2.76 bits per heavy atom. The molecule has 0 atom stereocenters. The molecular weight excluding hydrogens is 369 g/mol. The molecular formula is C23H26FN3O2. The van der Waals surface area contributed by atoms with Gasteiger partial charge in [0, 0.05) is 13.0 Å². The van der Waals surface area contributed by atoms with E-state index in [4.69, 9.17) is 9.57 Å². The van der Waals surface area contributed by atoms with Gasteiger partial charge in [-0.15, -0.1) is 0 Å². The van der Waals surface area contributed by atoms with Crippen LogP contribution in [0.1, 0.15) is 43.4 Å². The summed E-state index contributed by atoms with van der Waals surface area (Å²) in [6, 6.07) is 5.82. The van der Waals surface area contributed by atoms with Crippen LogP contribution in [0.2, 0.25) is 0 Å². The third-order valence-electron chi connectivity index (χ3n) is 4.76. The van der Waals surface area contributed by atoms with Gasteiger partial charge in [0.15, 0.2) is 0 Å². The molecule has 0 aliphatic heterocycles. The molecule has 0 unspecified atom stereocenters. The van der Waals surface area contributed by atoms with E-state index in [2.05, 4.69) is 22.1 Å². The highest BCUT2D eigenvalue weighted by Gasteiger charge is 2.14.